The van der Waals surface area contributed by atoms with Gasteiger partial charge in [-0.3, -0.25) is 24.6 Å². The van der Waals surface area contributed by atoms with Crippen molar-refractivity contribution in [2.24, 2.45) is 17.8 Å². The fourth-order valence-corrected chi connectivity index (χ4v) is 3.70. The summed E-state index contributed by atoms with van der Waals surface area (Å²) >= 11 is 0. The van der Waals surface area contributed by atoms with E-state index in [9.17, 15) is 24.0 Å². The monoisotopic (exact) mass is 421 g/mol. The number of esters is 1. The number of urea groups is 1. The first-order valence-electron chi connectivity index (χ1n) is 10.4. The van der Waals surface area contributed by atoms with Crippen molar-refractivity contribution < 1.29 is 28.7 Å². The van der Waals surface area contributed by atoms with Crippen molar-refractivity contribution in [2.45, 2.75) is 72.1 Å². The van der Waals surface area contributed by atoms with E-state index in [1.165, 1.54) is 6.92 Å². The molecule has 0 radical (unpaired) electrons. The topological polar surface area (TPSA) is 122 Å². The van der Waals surface area contributed by atoms with Gasteiger partial charge in [-0.2, -0.15) is 0 Å². The Kier molecular flexibility index (Phi) is 7.75. The maximum Gasteiger partial charge on any atom is 0.330 e. The third-order valence-corrected chi connectivity index (χ3v) is 5.14. The Labute approximate surface area is 176 Å². The number of imide groups is 2. The average molecular weight is 421 g/mol. The fourth-order valence-electron chi connectivity index (χ4n) is 3.70. The van der Waals surface area contributed by atoms with E-state index in [0.29, 0.717) is 12.8 Å². The zero-order valence-corrected chi connectivity index (χ0v) is 18.1. The quantitative estimate of drug-likeness (QED) is 0.365. The van der Waals surface area contributed by atoms with Gasteiger partial charge < -0.3 is 10.1 Å². The van der Waals surface area contributed by atoms with Gasteiger partial charge in [-0.25, -0.2) is 9.59 Å². The van der Waals surface area contributed by atoms with E-state index >= 15 is 0 Å². The number of nitrogens with zero attached hydrogens (tertiary/aromatic N) is 1. The highest BCUT2D eigenvalue weighted by Crippen LogP contribution is 2.37. The van der Waals surface area contributed by atoms with Crippen LogP contribution in [-0.2, 0) is 23.9 Å². The number of carbonyl (C=O) groups excluding carboxylic acids is 5. The second kappa shape index (κ2) is 9.86. The van der Waals surface area contributed by atoms with Crippen LogP contribution in [0.4, 0.5) is 4.79 Å². The molecule has 166 valence electrons. The second-order valence-electron chi connectivity index (χ2n) is 8.54. The van der Waals surface area contributed by atoms with Crippen molar-refractivity contribution in [3.05, 3.63) is 12.2 Å². The Morgan fingerprint density at radius 1 is 1.03 bits per heavy atom. The first-order chi connectivity index (χ1) is 14.0. The summed E-state index contributed by atoms with van der Waals surface area (Å²) in [4.78, 5) is 63.5. The van der Waals surface area contributed by atoms with Crippen LogP contribution in [0.5, 0.6) is 0 Å². The fraction of sp³-hybridized carbons (Fsp3) is 0.667. The molecule has 0 aromatic carbocycles. The lowest BCUT2D eigenvalue weighted by Crippen LogP contribution is -2.50. The molecule has 1 heterocycles. The second-order valence-corrected chi connectivity index (χ2v) is 8.54. The number of fused-ring (bicyclic) bond motifs is 1. The molecule has 4 atom stereocenters. The van der Waals surface area contributed by atoms with Crippen molar-refractivity contribution in [3.63, 3.8) is 0 Å². The van der Waals surface area contributed by atoms with Crippen LogP contribution in [-0.4, -0.2) is 52.8 Å². The van der Waals surface area contributed by atoms with Crippen molar-refractivity contribution in [3.8, 4) is 0 Å². The number of hydrogen-bond donors (Lipinski definition) is 2. The van der Waals surface area contributed by atoms with E-state index < -0.39 is 41.9 Å². The highest BCUT2D eigenvalue weighted by molar-refractivity contribution is 6.08. The van der Waals surface area contributed by atoms with Gasteiger partial charge in [0.15, 0.2) is 6.10 Å². The number of hydrogen-bond acceptors (Lipinski definition) is 6. The number of carbonyl (C=O) groups is 5. The molecule has 2 aliphatic rings. The van der Waals surface area contributed by atoms with Crippen LogP contribution in [0.25, 0.3) is 0 Å². The summed E-state index contributed by atoms with van der Waals surface area (Å²) in [6, 6.07) is -1.97. The molecule has 0 aromatic rings. The minimum Gasteiger partial charge on any atom is -0.451 e. The van der Waals surface area contributed by atoms with Crippen LogP contribution in [0.3, 0.4) is 0 Å². The molecule has 0 aromatic heterocycles. The Balaban J connectivity index is 2.10. The maximum absolute atomic E-state index is 12.9. The van der Waals surface area contributed by atoms with Crippen molar-refractivity contribution in [2.75, 3.05) is 0 Å². The Morgan fingerprint density at radius 2 is 1.57 bits per heavy atom. The highest BCUT2D eigenvalue weighted by Gasteiger charge is 2.51. The molecule has 1 aliphatic heterocycles. The molecular weight excluding hydrogens is 390 g/mol. The number of ether oxygens (including phenoxy) is 1. The van der Waals surface area contributed by atoms with Gasteiger partial charge in [0.1, 0.15) is 6.04 Å². The lowest BCUT2D eigenvalue weighted by molar-refractivity contribution is -0.165. The molecule has 0 saturated carbocycles. The van der Waals surface area contributed by atoms with Crippen LogP contribution in [0.15, 0.2) is 12.2 Å². The summed E-state index contributed by atoms with van der Waals surface area (Å²) < 4.78 is 5.25. The SMILES string of the molecule is CC(C)CC(C(=O)OC(C)C(=O)NC(=O)NC(C)C)N1C(=O)C2CC=CCC2C1=O. The third-order valence-electron chi connectivity index (χ3n) is 5.14. The van der Waals surface area contributed by atoms with Crippen LogP contribution < -0.4 is 10.6 Å². The lowest BCUT2D eigenvalue weighted by Gasteiger charge is -2.27. The van der Waals surface area contributed by atoms with Crippen molar-refractivity contribution in [1.29, 1.82) is 0 Å². The molecule has 1 fully saturated rings. The number of amides is 5. The summed E-state index contributed by atoms with van der Waals surface area (Å²) in [5.41, 5.74) is 0. The van der Waals surface area contributed by atoms with Gasteiger partial charge >= 0.3 is 12.0 Å². The van der Waals surface area contributed by atoms with E-state index in [4.69, 9.17) is 4.74 Å². The van der Waals surface area contributed by atoms with Crippen molar-refractivity contribution in [1.82, 2.24) is 15.5 Å². The molecule has 1 saturated heterocycles. The van der Waals surface area contributed by atoms with Crippen LogP contribution in [0.2, 0.25) is 0 Å². The molecule has 0 spiro atoms. The maximum atomic E-state index is 12.9. The zero-order valence-electron chi connectivity index (χ0n) is 18.1. The molecular formula is C21H31N3O6. The summed E-state index contributed by atoms with van der Waals surface area (Å²) in [7, 11) is 0. The predicted molar refractivity (Wildman–Crippen MR) is 108 cm³/mol. The van der Waals surface area contributed by atoms with Gasteiger partial charge in [-0.05, 0) is 46.0 Å². The Morgan fingerprint density at radius 3 is 2.03 bits per heavy atom. The van der Waals surface area contributed by atoms with Crippen LogP contribution in [0, 0.1) is 17.8 Å². The summed E-state index contributed by atoms with van der Waals surface area (Å²) in [5, 5.41) is 4.60. The molecule has 5 amide bonds. The predicted octanol–water partition coefficient (Wildman–Crippen LogP) is 1.52. The van der Waals surface area contributed by atoms with Crippen LogP contribution in [0.1, 0.15) is 53.9 Å². The van der Waals surface area contributed by atoms with E-state index in [0.717, 1.165) is 4.90 Å². The molecule has 2 N–H and O–H groups in total. The van der Waals surface area contributed by atoms with Crippen molar-refractivity contribution >= 4 is 29.7 Å². The molecule has 1 aliphatic carbocycles. The van der Waals surface area contributed by atoms with Crippen LogP contribution >= 0.6 is 0 Å². The van der Waals surface area contributed by atoms with E-state index in [-0.39, 0.29) is 30.2 Å². The van der Waals surface area contributed by atoms with Gasteiger partial charge in [-0.1, -0.05) is 26.0 Å². The molecule has 0 bridgehead atoms. The minimum absolute atomic E-state index is 0.00450. The zero-order chi connectivity index (χ0) is 22.6. The first-order valence-corrected chi connectivity index (χ1v) is 10.4. The van der Waals surface area contributed by atoms with Gasteiger partial charge in [0, 0.05) is 6.04 Å². The van der Waals surface area contributed by atoms with Gasteiger partial charge in [0.2, 0.25) is 11.8 Å². The molecule has 9 heteroatoms. The van der Waals surface area contributed by atoms with Gasteiger partial charge in [0.05, 0.1) is 11.8 Å². The largest absolute Gasteiger partial charge is 0.451 e. The smallest absolute Gasteiger partial charge is 0.330 e. The first kappa shape index (κ1) is 23.6. The summed E-state index contributed by atoms with van der Waals surface area (Å²) in [5.74, 6) is -3.26. The highest BCUT2D eigenvalue weighted by atomic mass is 16.5. The van der Waals surface area contributed by atoms with E-state index in [2.05, 4.69) is 10.6 Å². The minimum atomic E-state index is -1.26. The number of nitrogens with one attached hydrogen (secondary N) is 2. The molecule has 4 unspecified atom stereocenters. The number of allylic oxidation sites excluding steroid dienone is 2. The molecule has 9 nitrogen and oxygen atoms in total. The molecule has 30 heavy (non-hydrogen) atoms. The third kappa shape index (κ3) is 5.46. The standard InChI is InChI=1S/C21H31N3O6/c1-11(2)10-16(24-18(26)14-8-6-7-9-15(14)19(24)27)20(28)30-13(5)17(25)23-21(29)22-12(3)4/h6-7,11-16H,8-10H2,1-5H3,(H2,22,23,25,29). The summed E-state index contributed by atoms with van der Waals surface area (Å²) in [6.45, 7) is 8.54. The van der Waals surface area contributed by atoms with Gasteiger partial charge in [0.25, 0.3) is 5.91 Å². The normalized spacial score (nSPS) is 22.7. The Bertz CT molecular complexity index is 719. The van der Waals surface area contributed by atoms with E-state index in [1.54, 1.807) is 13.8 Å². The number of likely N-dealkylation sites (tertiary alicyclic amines) is 1. The molecule has 2 rings (SSSR count). The van der Waals surface area contributed by atoms with Gasteiger partial charge in [-0.15, -0.1) is 0 Å². The van der Waals surface area contributed by atoms with E-state index in [1.807, 2.05) is 26.0 Å². The Hall–Kier alpha value is -2.71. The lowest BCUT2D eigenvalue weighted by atomic mass is 9.85. The summed E-state index contributed by atoms with van der Waals surface area (Å²) in [6.07, 6.45) is 3.66. The average Bonchev–Trinajstić information content (AvgIpc) is 2.89. The number of rotatable bonds is 7.